The first-order valence-corrected chi connectivity index (χ1v) is 11.6. The third kappa shape index (κ3) is 5.16. The Morgan fingerprint density at radius 3 is 2.71 bits per heavy atom. The zero-order valence-electron chi connectivity index (χ0n) is 20.0. The fraction of sp³-hybridized carbons (Fsp3) is 0.500. The third-order valence-corrected chi connectivity index (χ3v) is 6.56. The van der Waals surface area contributed by atoms with E-state index in [2.05, 4.69) is 10.6 Å². The van der Waals surface area contributed by atoms with Crippen LogP contribution in [0.5, 0.6) is 5.75 Å². The van der Waals surface area contributed by atoms with Crippen LogP contribution >= 0.6 is 11.6 Å². The van der Waals surface area contributed by atoms with E-state index in [4.69, 9.17) is 25.9 Å². The summed E-state index contributed by atoms with van der Waals surface area (Å²) in [5, 5.41) is 2.12. The van der Waals surface area contributed by atoms with E-state index in [0.29, 0.717) is 34.5 Å². The van der Waals surface area contributed by atoms with Crippen LogP contribution in [0.2, 0.25) is 5.02 Å². The Bertz CT molecular complexity index is 1090. The van der Waals surface area contributed by atoms with Gasteiger partial charge >= 0.3 is 5.97 Å². The van der Waals surface area contributed by atoms with Crippen molar-refractivity contribution in [1.29, 1.82) is 0 Å². The van der Waals surface area contributed by atoms with Crippen LogP contribution in [0.4, 0.5) is 0 Å². The smallest absolute Gasteiger partial charge is 0.314 e. The Morgan fingerprint density at radius 1 is 1.32 bits per heavy atom. The molecule has 1 aliphatic carbocycles. The Kier molecular flexibility index (Phi) is 6.80. The fourth-order valence-electron chi connectivity index (χ4n) is 3.76. The molecule has 3 atom stereocenters. The van der Waals surface area contributed by atoms with E-state index >= 15 is 0 Å². The predicted octanol–water partition coefficient (Wildman–Crippen LogP) is 4.06. The standard InChI is InChI=1S/C24H30ClN4O5/c1-14-21(20-13-32-22(19(20)11-26-14)15-6-8-17(25)9-7-15)34-23(30)18-10-16(18)12-33-27-29(31)28(5)24(2,3)4/h6-9,11,16,18,22H,10,12-13H2,1-5H3,(H,27,31)/q+1/t16?,18?,22-/m0/s1. The van der Waals surface area contributed by atoms with Crippen molar-refractivity contribution in [3.05, 3.63) is 62.8 Å². The van der Waals surface area contributed by atoms with Gasteiger partial charge in [0.25, 0.3) is 4.98 Å². The van der Waals surface area contributed by atoms with Gasteiger partial charge in [-0.05, 0) is 57.7 Å². The average Bonchev–Trinajstić information content (AvgIpc) is 3.43. The second kappa shape index (κ2) is 9.48. The number of carbonyl (C=O) groups excluding carboxylic acids is 1. The van der Waals surface area contributed by atoms with Crippen LogP contribution in [0.1, 0.15) is 55.7 Å². The zero-order chi connectivity index (χ0) is 24.6. The van der Waals surface area contributed by atoms with Crippen molar-refractivity contribution in [2.45, 2.75) is 52.4 Å². The molecule has 0 amide bonds. The van der Waals surface area contributed by atoms with Gasteiger partial charge in [-0.3, -0.25) is 9.78 Å². The molecule has 1 N–H and O–H groups in total. The van der Waals surface area contributed by atoms with E-state index < -0.39 is 0 Å². The molecule has 1 saturated carbocycles. The summed E-state index contributed by atoms with van der Waals surface area (Å²) in [6.45, 7) is 8.09. The van der Waals surface area contributed by atoms with Crippen LogP contribution in [-0.2, 0) is 21.0 Å². The molecule has 0 bridgehead atoms. The molecule has 0 spiro atoms. The highest BCUT2D eigenvalue weighted by Crippen LogP contribution is 2.43. The summed E-state index contributed by atoms with van der Waals surface area (Å²) in [6, 6.07) is 7.47. The summed E-state index contributed by atoms with van der Waals surface area (Å²) in [7, 11) is 1.66. The molecule has 4 rings (SSSR count). The van der Waals surface area contributed by atoms with E-state index in [0.717, 1.165) is 16.7 Å². The predicted molar refractivity (Wildman–Crippen MR) is 125 cm³/mol. The van der Waals surface area contributed by atoms with Gasteiger partial charge in [0.15, 0.2) is 5.75 Å². The van der Waals surface area contributed by atoms with E-state index in [1.54, 1.807) is 13.2 Å². The molecule has 0 radical (unpaired) electrons. The number of ether oxygens (including phenoxy) is 2. The molecule has 2 heterocycles. The van der Waals surface area contributed by atoms with Crippen LogP contribution in [0.3, 0.4) is 0 Å². The molecule has 182 valence electrons. The van der Waals surface area contributed by atoms with Crippen molar-refractivity contribution in [2.24, 2.45) is 11.8 Å². The summed E-state index contributed by atoms with van der Waals surface area (Å²) >= 11 is 6.00. The van der Waals surface area contributed by atoms with E-state index in [-0.39, 0.29) is 36.1 Å². The molecular weight excluding hydrogens is 460 g/mol. The Balaban J connectivity index is 1.35. The number of hydrogen-bond donors (Lipinski definition) is 1. The summed E-state index contributed by atoms with van der Waals surface area (Å²) in [5.74, 6) is -0.169. The molecule has 34 heavy (non-hydrogen) atoms. The zero-order valence-corrected chi connectivity index (χ0v) is 20.8. The molecule has 0 saturated heterocycles. The molecular formula is C24H30ClN4O5+. The molecule has 2 unspecified atom stereocenters. The number of benzene rings is 1. The van der Waals surface area contributed by atoms with Crippen LogP contribution in [-0.4, -0.2) is 40.1 Å². The van der Waals surface area contributed by atoms with Gasteiger partial charge < -0.3 is 9.47 Å². The number of hydrazine groups is 2. The highest BCUT2D eigenvalue weighted by atomic mass is 35.5. The van der Waals surface area contributed by atoms with Crippen molar-refractivity contribution in [3.63, 3.8) is 0 Å². The van der Waals surface area contributed by atoms with Crippen LogP contribution < -0.4 is 10.3 Å². The minimum atomic E-state index is -0.359. The molecule has 2 aliphatic rings. The topological polar surface area (TPSA) is 93.0 Å². The number of fused-ring (bicyclic) bond motifs is 1. The van der Waals surface area contributed by atoms with Gasteiger partial charge in [0.1, 0.15) is 6.10 Å². The Morgan fingerprint density at radius 2 is 2.03 bits per heavy atom. The minimum absolute atomic E-state index is 0.0172. The van der Waals surface area contributed by atoms with Crippen LogP contribution in [0.25, 0.3) is 0 Å². The highest BCUT2D eigenvalue weighted by molar-refractivity contribution is 6.30. The van der Waals surface area contributed by atoms with E-state index in [1.165, 1.54) is 5.01 Å². The number of pyridine rings is 1. The van der Waals surface area contributed by atoms with Gasteiger partial charge in [-0.1, -0.05) is 23.7 Å². The van der Waals surface area contributed by atoms with Crippen LogP contribution in [0.15, 0.2) is 30.5 Å². The highest BCUT2D eigenvalue weighted by Gasteiger charge is 2.46. The Hall–Kier alpha value is -2.75. The largest absolute Gasteiger partial charge is 0.424 e. The molecule has 1 fully saturated rings. The lowest BCUT2D eigenvalue weighted by atomic mass is 10.0. The van der Waals surface area contributed by atoms with Gasteiger partial charge in [-0.2, -0.15) is 0 Å². The number of carbonyl (C=O) groups is 1. The first kappa shape index (κ1) is 24.4. The van der Waals surface area contributed by atoms with Crippen molar-refractivity contribution < 1.29 is 24.1 Å². The van der Waals surface area contributed by atoms with Gasteiger partial charge in [0.2, 0.25) is 0 Å². The van der Waals surface area contributed by atoms with Crippen LogP contribution in [0, 0.1) is 23.7 Å². The maximum atomic E-state index is 12.8. The fourth-order valence-corrected chi connectivity index (χ4v) is 3.89. The lowest BCUT2D eigenvalue weighted by Crippen LogP contribution is -2.49. The molecule has 10 heteroatoms. The molecule has 2 aromatic rings. The van der Waals surface area contributed by atoms with Gasteiger partial charge in [-0.15, -0.1) is 5.01 Å². The molecule has 1 aromatic carbocycles. The number of nitroso groups, excluding NO2 is 1. The SMILES string of the molecule is Cc1ncc2c(c1OC(=O)C1CC1CON[N+](=O)N(C)C(C)(C)C)CO[C@H]2c1ccc(Cl)cc1. The van der Waals surface area contributed by atoms with Crippen molar-refractivity contribution in [2.75, 3.05) is 13.7 Å². The van der Waals surface area contributed by atoms with Gasteiger partial charge in [0.05, 0.1) is 42.3 Å². The number of halogens is 1. The van der Waals surface area contributed by atoms with Gasteiger partial charge in [0, 0.05) is 27.9 Å². The van der Waals surface area contributed by atoms with E-state index in [9.17, 15) is 9.70 Å². The maximum Gasteiger partial charge on any atom is 0.314 e. The third-order valence-electron chi connectivity index (χ3n) is 6.31. The minimum Gasteiger partial charge on any atom is -0.424 e. The lowest BCUT2D eigenvalue weighted by Gasteiger charge is -2.22. The lowest BCUT2D eigenvalue weighted by molar-refractivity contribution is -0.795. The van der Waals surface area contributed by atoms with Crippen molar-refractivity contribution in [1.82, 2.24) is 15.6 Å². The molecule has 9 nitrogen and oxygen atoms in total. The monoisotopic (exact) mass is 489 g/mol. The average molecular weight is 490 g/mol. The molecule has 1 aromatic heterocycles. The summed E-state index contributed by atoms with van der Waals surface area (Å²) < 4.78 is 11.8. The van der Waals surface area contributed by atoms with E-state index in [1.807, 2.05) is 52.0 Å². The van der Waals surface area contributed by atoms with Gasteiger partial charge in [-0.25, -0.2) is 4.84 Å². The number of esters is 1. The number of nitrogens with one attached hydrogen (secondary N) is 1. The Labute approximate surface area is 203 Å². The first-order chi connectivity index (χ1) is 16.1. The molecule has 1 aliphatic heterocycles. The summed E-state index contributed by atoms with van der Waals surface area (Å²) in [4.78, 5) is 35.1. The van der Waals surface area contributed by atoms with Crippen molar-refractivity contribution >= 4 is 17.6 Å². The second-order valence-electron chi connectivity index (χ2n) is 9.74. The number of hydrogen-bond acceptors (Lipinski definition) is 6. The summed E-state index contributed by atoms with van der Waals surface area (Å²) in [5.41, 5.74) is 5.31. The number of nitrogens with zero attached hydrogens (tertiary/aromatic N) is 3. The normalized spacial score (nSPS) is 21.1. The van der Waals surface area contributed by atoms with Crippen molar-refractivity contribution in [3.8, 4) is 5.75 Å². The maximum absolute atomic E-state index is 12.8. The second-order valence-corrected chi connectivity index (χ2v) is 10.2. The summed E-state index contributed by atoms with van der Waals surface area (Å²) in [6.07, 6.45) is 2.13. The number of rotatable bonds is 8. The quantitative estimate of drug-likeness (QED) is 0.337. The first-order valence-electron chi connectivity index (χ1n) is 11.2. The number of aromatic nitrogens is 1. The number of aryl methyl sites for hydroxylation is 1.